The van der Waals surface area contributed by atoms with Crippen molar-refractivity contribution in [1.29, 1.82) is 0 Å². The van der Waals surface area contributed by atoms with E-state index in [-0.39, 0.29) is 6.61 Å². The van der Waals surface area contributed by atoms with Gasteiger partial charge >= 0.3 is 0 Å². The fraction of sp³-hybridized carbons (Fsp3) is 0.235. The number of aliphatic hydroxyl groups is 1. The van der Waals surface area contributed by atoms with Gasteiger partial charge in [0.2, 0.25) is 6.41 Å². The molecule has 0 fully saturated rings. The van der Waals surface area contributed by atoms with Gasteiger partial charge in [-0.2, -0.15) is 0 Å². The van der Waals surface area contributed by atoms with E-state index in [0.29, 0.717) is 29.4 Å². The van der Waals surface area contributed by atoms with Crippen LogP contribution in [0.15, 0.2) is 48.5 Å². The van der Waals surface area contributed by atoms with Crippen LogP contribution in [0.4, 0.5) is 11.4 Å². The van der Waals surface area contributed by atoms with Gasteiger partial charge in [0.25, 0.3) is 0 Å². The Morgan fingerprint density at radius 2 is 2.04 bits per heavy atom. The molecular weight excluding hydrogens is 316 g/mol. The maximum absolute atomic E-state index is 10.4. The van der Waals surface area contributed by atoms with Gasteiger partial charge in [0.15, 0.2) is 0 Å². The van der Waals surface area contributed by atoms with Crippen LogP contribution in [-0.4, -0.2) is 37.8 Å². The summed E-state index contributed by atoms with van der Waals surface area (Å²) in [6.45, 7) is 0.580. The second-order valence-corrected chi connectivity index (χ2v) is 5.55. The maximum atomic E-state index is 10.4. The lowest BCUT2D eigenvalue weighted by molar-refractivity contribution is -0.105. The molecule has 0 saturated carbocycles. The standard InChI is InChI=1S/C17H19ClN2O3/c1-20(15-7-5-13(18)6-8-15)10-16(22)11-23-17-4-2-3-14(9-17)19-12-21/h2-9,12,16,22H,10-11H2,1H3,(H,19,21). The highest BCUT2D eigenvalue weighted by Crippen LogP contribution is 2.18. The van der Waals surface area contributed by atoms with Gasteiger partial charge in [-0.1, -0.05) is 17.7 Å². The van der Waals surface area contributed by atoms with Gasteiger partial charge < -0.3 is 20.1 Å². The average molecular weight is 335 g/mol. The van der Waals surface area contributed by atoms with Crippen LogP contribution in [0.25, 0.3) is 0 Å². The quantitative estimate of drug-likeness (QED) is 0.729. The molecule has 1 atom stereocenters. The van der Waals surface area contributed by atoms with Gasteiger partial charge in [-0.25, -0.2) is 0 Å². The molecule has 2 N–H and O–H groups in total. The highest BCUT2D eigenvalue weighted by atomic mass is 35.5. The molecule has 122 valence electrons. The van der Waals surface area contributed by atoms with Crippen molar-refractivity contribution in [3.63, 3.8) is 0 Å². The molecule has 5 nitrogen and oxygen atoms in total. The molecule has 0 radical (unpaired) electrons. The topological polar surface area (TPSA) is 61.8 Å². The number of rotatable bonds is 8. The Kier molecular flexibility index (Phi) is 6.26. The second-order valence-electron chi connectivity index (χ2n) is 5.11. The van der Waals surface area contributed by atoms with E-state index >= 15 is 0 Å². The molecule has 0 aliphatic carbocycles. The fourth-order valence-corrected chi connectivity index (χ4v) is 2.23. The van der Waals surface area contributed by atoms with Crippen molar-refractivity contribution in [3.8, 4) is 5.75 Å². The number of carbonyl (C=O) groups excluding carboxylic acids is 1. The van der Waals surface area contributed by atoms with E-state index < -0.39 is 6.10 Å². The van der Waals surface area contributed by atoms with Gasteiger partial charge in [-0.3, -0.25) is 4.79 Å². The molecule has 0 bridgehead atoms. The summed E-state index contributed by atoms with van der Waals surface area (Å²) in [6.07, 6.45) is -0.0481. The minimum Gasteiger partial charge on any atom is -0.491 e. The number of hydrogen-bond acceptors (Lipinski definition) is 4. The molecule has 0 aliphatic heterocycles. The van der Waals surface area contributed by atoms with Crippen molar-refractivity contribution < 1.29 is 14.6 Å². The summed E-state index contributed by atoms with van der Waals surface area (Å²) in [5.74, 6) is 0.588. The van der Waals surface area contributed by atoms with E-state index in [1.165, 1.54) is 0 Å². The molecule has 1 unspecified atom stereocenters. The number of nitrogens with one attached hydrogen (secondary N) is 1. The SMILES string of the molecule is CN(CC(O)COc1cccc(NC=O)c1)c1ccc(Cl)cc1. The summed E-state index contributed by atoms with van der Waals surface area (Å²) in [7, 11) is 1.89. The van der Waals surface area contributed by atoms with Crippen molar-refractivity contribution in [2.45, 2.75) is 6.10 Å². The Labute approximate surface area is 140 Å². The summed E-state index contributed by atoms with van der Waals surface area (Å²) in [6, 6.07) is 14.4. The van der Waals surface area contributed by atoms with Crippen molar-refractivity contribution in [2.75, 3.05) is 30.4 Å². The van der Waals surface area contributed by atoms with E-state index in [1.54, 1.807) is 24.3 Å². The van der Waals surface area contributed by atoms with Crippen molar-refractivity contribution in [1.82, 2.24) is 0 Å². The Bertz CT molecular complexity index is 634. The van der Waals surface area contributed by atoms with Crippen molar-refractivity contribution in [2.24, 2.45) is 0 Å². The molecule has 2 aromatic carbocycles. The molecule has 1 amide bonds. The van der Waals surface area contributed by atoms with Crippen LogP contribution in [0.3, 0.4) is 0 Å². The lowest BCUT2D eigenvalue weighted by Crippen LogP contribution is -2.33. The van der Waals surface area contributed by atoms with Crippen molar-refractivity contribution >= 4 is 29.4 Å². The number of anilines is 2. The predicted octanol–water partition coefficient (Wildman–Crippen LogP) is 2.78. The van der Waals surface area contributed by atoms with E-state index in [4.69, 9.17) is 16.3 Å². The molecule has 6 heteroatoms. The molecule has 0 aromatic heterocycles. The molecule has 23 heavy (non-hydrogen) atoms. The first-order chi connectivity index (χ1) is 11.1. The number of hydrogen-bond donors (Lipinski definition) is 2. The molecule has 0 aliphatic rings. The van der Waals surface area contributed by atoms with Gasteiger partial charge in [0, 0.05) is 36.1 Å². The van der Waals surface area contributed by atoms with E-state index in [9.17, 15) is 9.90 Å². The number of ether oxygens (including phenoxy) is 1. The number of halogens is 1. The van der Waals surface area contributed by atoms with Crippen LogP contribution < -0.4 is 15.0 Å². The minimum absolute atomic E-state index is 0.155. The first-order valence-electron chi connectivity index (χ1n) is 7.16. The maximum Gasteiger partial charge on any atom is 0.211 e. The third-order valence-electron chi connectivity index (χ3n) is 3.25. The normalized spacial score (nSPS) is 11.6. The first-order valence-corrected chi connectivity index (χ1v) is 7.54. The van der Waals surface area contributed by atoms with E-state index in [1.807, 2.05) is 36.2 Å². The average Bonchev–Trinajstić information content (AvgIpc) is 2.54. The van der Waals surface area contributed by atoms with E-state index in [0.717, 1.165) is 5.69 Å². The number of benzene rings is 2. The zero-order valence-electron chi connectivity index (χ0n) is 12.8. The zero-order chi connectivity index (χ0) is 16.7. The molecule has 0 saturated heterocycles. The van der Waals surface area contributed by atoms with Gasteiger partial charge in [-0.05, 0) is 36.4 Å². The third-order valence-corrected chi connectivity index (χ3v) is 3.51. The highest BCUT2D eigenvalue weighted by molar-refractivity contribution is 6.30. The Balaban J connectivity index is 1.84. The fourth-order valence-electron chi connectivity index (χ4n) is 2.11. The van der Waals surface area contributed by atoms with Gasteiger partial charge in [-0.15, -0.1) is 0 Å². The number of amides is 1. The van der Waals surface area contributed by atoms with Crippen LogP contribution in [0, 0.1) is 0 Å². The minimum atomic E-state index is -0.654. The van der Waals surface area contributed by atoms with E-state index in [2.05, 4.69) is 5.32 Å². The van der Waals surface area contributed by atoms with Crippen LogP contribution in [-0.2, 0) is 4.79 Å². The summed E-state index contributed by atoms with van der Waals surface area (Å²) >= 11 is 5.86. The highest BCUT2D eigenvalue weighted by Gasteiger charge is 2.10. The van der Waals surface area contributed by atoms with Crippen LogP contribution in [0.1, 0.15) is 0 Å². The summed E-state index contributed by atoms with van der Waals surface area (Å²) < 4.78 is 5.56. The van der Waals surface area contributed by atoms with Gasteiger partial charge in [0.1, 0.15) is 18.5 Å². The third kappa shape index (κ3) is 5.47. The van der Waals surface area contributed by atoms with Crippen LogP contribution in [0.2, 0.25) is 5.02 Å². The molecule has 2 rings (SSSR count). The van der Waals surface area contributed by atoms with Crippen molar-refractivity contribution in [3.05, 3.63) is 53.6 Å². The summed E-state index contributed by atoms with van der Waals surface area (Å²) in [5.41, 5.74) is 1.61. The number of nitrogens with zero attached hydrogens (tertiary/aromatic N) is 1. The second kappa shape index (κ2) is 8.41. The lowest BCUT2D eigenvalue weighted by Gasteiger charge is -2.23. The first kappa shape index (κ1) is 17.1. The number of likely N-dealkylation sites (N-methyl/N-ethyl adjacent to an activating group) is 1. The zero-order valence-corrected chi connectivity index (χ0v) is 13.5. The predicted molar refractivity (Wildman–Crippen MR) is 92.4 cm³/mol. The summed E-state index contributed by atoms with van der Waals surface area (Å²) in [4.78, 5) is 12.3. The lowest BCUT2D eigenvalue weighted by atomic mass is 10.2. The molecular formula is C17H19ClN2O3. The Morgan fingerprint density at radius 1 is 1.30 bits per heavy atom. The molecule has 2 aromatic rings. The molecule has 0 spiro atoms. The summed E-state index contributed by atoms with van der Waals surface area (Å²) in [5, 5.41) is 13.3. The smallest absolute Gasteiger partial charge is 0.211 e. The van der Waals surface area contributed by atoms with Crippen LogP contribution in [0.5, 0.6) is 5.75 Å². The monoisotopic (exact) mass is 334 g/mol. The largest absolute Gasteiger partial charge is 0.491 e. The Morgan fingerprint density at radius 3 is 2.74 bits per heavy atom. The van der Waals surface area contributed by atoms with Crippen LogP contribution >= 0.6 is 11.6 Å². The number of aliphatic hydroxyl groups excluding tert-OH is 1. The number of carbonyl (C=O) groups is 1. The van der Waals surface area contributed by atoms with Gasteiger partial charge in [0.05, 0.1) is 0 Å². The molecule has 0 heterocycles. The Hall–Kier alpha value is -2.24.